The second-order valence-corrected chi connectivity index (χ2v) is 8.82. The van der Waals surface area contributed by atoms with Crippen molar-refractivity contribution < 1.29 is 17.9 Å². The first-order valence-corrected chi connectivity index (χ1v) is 11.1. The molecule has 0 bridgehead atoms. The largest absolute Gasteiger partial charge is 0.491 e. The summed E-state index contributed by atoms with van der Waals surface area (Å²) >= 11 is 0. The Balaban J connectivity index is 1.66. The van der Waals surface area contributed by atoms with Gasteiger partial charge in [0.2, 0.25) is 10.0 Å². The molecule has 1 atom stereocenters. The van der Waals surface area contributed by atoms with Crippen LogP contribution in [0.15, 0.2) is 78.9 Å². The van der Waals surface area contributed by atoms with Crippen molar-refractivity contribution in [1.29, 1.82) is 0 Å². The van der Waals surface area contributed by atoms with E-state index < -0.39 is 10.0 Å². The molecular weight excluding hydrogens is 386 g/mol. The average Bonchev–Trinajstić information content (AvgIpc) is 3.55. The molecule has 3 aromatic carbocycles. The molecule has 150 valence electrons. The van der Waals surface area contributed by atoms with Crippen molar-refractivity contribution in [3.05, 3.63) is 90.0 Å². The monoisotopic (exact) mass is 409 g/mol. The quantitative estimate of drug-likeness (QED) is 0.516. The van der Waals surface area contributed by atoms with Crippen LogP contribution in [-0.2, 0) is 20.5 Å². The van der Waals surface area contributed by atoms with Gasteiger partial charge in [-0.15, -0.1) is 0 Å². The number of sulfonamides is 1. The summed E-state index contributed by atoms with van der Waals surface area (Å²) in [7, 11) is -3.69. The van der Waals surface area contributed by atoms with Gasteiger partial charge in [-0.3, -0.25) is 0 Å². The van der Waals surface area contributed by atoms with Crippen LogP contribution >= 0.6 is 0 Å². The Labute approximate surface area is 171 Å². The molecule has 0 N–H and O–H groups in total. The van der Waals surface area contributed by atoms with Crippen molar-refractivity contribution in [2.45, 2.75) is 18.8 Å². The number of nitrogens with zero attached hydrogens (tertiary/aromatic N) is 1. The van der Waals surface area contributed by atoms with E-state index in [9.17, 15) is 8.42 Å². The minimum Gasteiger partial charge on any atom is -0.491 e. The van der Waals surface area contributed by atoms with E-state index in [0.717, 1.165) is 17.7 Å². The molecule has 0 amide bonds. The first kappa shape index (κ1) is 19.5. The highest BCUT2D eigenvalue weighted by molar-refractivity contribution is 7.92. The van der Waals surface area contributed by atoms with Gasteiger partial charge in [-0.25, -0.2) is 12.7 Å². The Hall–Kier alpha value is -2.83. The summed E-state index contributed by atoms with van der Waals surface area (Å²) in [5.74, 6) is 0.568. The van der Waals surface area contributed by atoms with Gasteiger partial charge in [0, 0.05) is 0 Å². The zero-order valence-corrected chi connectivity index (χ0v) is 17.0. The van der Waals surface area contributed by atoms with E-state index in [1.165, 1.54) is 4.31 Å². The molecule has 0 aromatic heterocycles. The molecule has 1 aliphatic rings. The molecule has 6 heteroatoms. The summed E-state index contributed by atoms with van der Waals surface area (Å²) in [5, 5.41) is 0. The predicted molar refractivity (Wildman–Crippen MR) is 114 cm³/mol. The highest BCUT2D eigenvalue weighted by atomic mass is 32.2. The number of rotatable bonds is 8. The summed E-state index contributed by atoms with van der Waals surface area (Å²) in [6.45, 7) is 3.09. The lowest BCUT2D eigenvalue weighted by Crippen LogP contribution is -2.27. The van der Waals surface area contributed by atoms with Gasteiger partial charge in [-0.2, -0.15) is 0 Å². The lowest BCUT2D eigenvalue weighted by atomic mass is 10.1. The van der Waals surface area contributed by atoms with Crippen LogP contribution in [0, 0.1) is 6.92 Å². The molecule has 5 nitrogen and oxygen atoms in total. The number of hydrogen-bond acceptors (Lipinski definition) is 4. The van der Waals surface area contributed by atoms with E-state index >= 15 is 0 Å². The Kier molecular flexibility index (Phi) is 5.56. The SMILES string of the molecule is Cc1c(CS(=O)(=O)N(c2ccccc2)c2ccccc2)cccc1OCC1CO1. The van der Waals surface area contributed by atoms with E-state index in [0.29, 0.717) is 23.7 Å². The van der Waals surface area contributed by atoms with Crippen LogP contribution in [0.4, 0.5) is 11.4 Å². The Morgan fingerprint density at radius 1 is 0.931 bits per heavy atom. The van der Waals surface area contributed by atoms with Gasteiger partial charge < -0.3 is 9.47 Å². The molecule has 4 rings (SSSR count). The van der Waals surface area contributed by atoms with Crippen molar-refractivity contribution in [1.82, 2.24) is 0 Å². The normalized spacial score (nSPS) is 15.7. The van der Waals surface area contributed by atoms with Crippen molar-refractivity contribution in [2.75, 3.05) is 17.5 Å². The Morgan fingerprint density at radius 2 is 1.52 bits per heavy atom. The van der Waals surface area contributed by atoms with Crippen LogP contribution in [-0.4, -0.2) is 27.7 Å². The number of benzene rings is 3. The zero-order chi connectivity index (χ0) is 20.3. The van der Waals surface area contributed by atoms with Crippen LogP contribution < -0.4 is 9.04 Å². The molecule has 3 aromatic rings. The molecule has 0 aliphatic carbocycles. The van der Waals surface area contributed by atoms with Crippen molar-refractivity contribution in [3.63, 3.8) is 0 Å². The van der Waals surface area contributed by atoms with Crippen LogP contribution in [0.3, 0.4) is 0 Å². The van der Waals surface area contributed by atoms with Gasteiger partial charge in [0.1, 0.15) is 18.5 Å². The van der Waals surface area contributed by atoms with E-state index in [1.807, 2.05) is 61.5 Å². The summed E-state index contributed by atoms with van der Waals surface area (Å²) in [4.78, 5) is 0. The van der Waals surface area contributed by atoms with Crippen LogP contribution in [0.1, 0.15) is 11.1 Å². The van der Waals surface area contributed by atoms with E-state index in [2.05, 4.69) is 0 Å². The maximum Gasteiger partial charge on any atom is 0.243 e. The lowest BCUT2D eigenvalue weighted by molar-refractivity contribution is 0.261. The molecule has 29 heavy (non-hydrogen) atoms. The second-order valence-electron chi connectivity index (χ2n) is 7.00. The zero-order valence-electron chi connectivity index (χ0n) is 16.2. The van der Waals surface area contributed by atoms with Gasteiger partial charge in [-0.05, 0) is 48.4 Å². The first-order valence-electron chi connectivity index (χ1n) is 9.50. The number of anilines is 2. The van der Waals surface area contributed by atoms with Crippen LogP contribution in [0.2, 0.25) is 0 Å². The van der Waals surface area contributed by atoms with Gasteiger partial charge in [0.25, 0.3) is 0 Å². The number of para-hydroxylation sites is 2. The third-order valence-corrected chi connectivity index (χ3v) is 6.47. The molecule has 0 spiro atoms. The highest BCUT2D eigenvalue weighted by Gasteiger charge is 2.27. The number of epoxide rings is 1. The smallest absolute Gasteiger partial charge is 0.243 e. The maximum absolute atomic E-state index is 13.5. The third kappa shape index (κ3) is 4.60. The second kappa shape index (κ2) is 8.27. The van der Waals surface area contributed by atoms with Gasteiger partial charge in [0.15, 0.2) is 0 Å². The fourth-order valence-electron chi connectivity index (χ4n) is 3.18. The van der Waals surface area contributed by atoms with E-state index in [-0.39, 0.29) is 11.9 Å². The standard InChI is InChI=1S/C23H23NO4S/c1-18-19(9-8-14-23(18)28-16-22-15-27-22)17-29(25,26)24(20-10-4-2-5-11-20)21-12-6-3-7-13-21/h2-14,22H,15-17H2,1H3. The van der Waals surface area contributed by atoms with Gasteiger partial charge in [0.05, 0.1) is 23.7 Å². The summed E-state index contributed by atoms with van der Waals surface area (Å²) in [6, 6.07) is 23.8. The molecule has 1 aliphatic heterocycles. The van der Waals surface area contributed by atoms with Gasteiger partial charge >= 0.3 is 0 Å². The fraction of sp³-hybridized carbons (Fsp3) is 0.217. The van der Waals surface area contributed by atoms with Crippen molar-refractivity contribution in [3.8, 4) is 5.75 Å². The maximum atomic E-state index is 13.5. The van der Waals surface area contributed by atoms with E-state index in [1.54, 1.807) is 24.3 Å². The Morgan fingerprint density at radius 3 is 2.07 bits per heavy atom. The number of hydrogen-bond donors (Lipinski definition) is 0. The van der Waals surface area contributed by atoms with Crippen molar-refractivity contribution in [2.24, 2.45) is 0 Å². The topological polar surface area (TPSA) is 59.1 Å². The van der Waals surface area contributed by atoms with Gasteiger partial charge in [-0.1, -0.05) is 48.5 Å². The van der Waals surface area contributed by atoms with Crippen LogP contribution in [0.5, 0.6) is 5.75 Å². The number of ether oxygens (including phenoxy) is 2. The average molecular weight is 410 g/mol. The molecular formula is C23H23NO4S. The van der Waals surface area contributed by atoms with E-state index in [4.69, 9.17) is 9.47 Å². The molecule has 0 radical (unpaired) electrons. The van der Waals surface area contributed by atoms with Crippen LogP contribution in [0.25, 0.3) is 0 Å². The molecule has 0 saturated carbocycles. The molecule has 1 heterocycles. The van der Waals surface area contributed by atoms with Crippen molar-refractivity contribution >= 4 is 21.4 Å². The predicted octanol–water partition coefficient (Wildman–Crippen LogP) is 4.44. The minimum atomic E-state index is -3.69. The molecule has 1 unspecified atom stereocenters. The highest BCUT2D eigenvalue weighted by Crippen LogP contribution is 2.32. The minimum absolute atomic E-state index is 0.125. The summed E-state index contributed by atoms with van der Waals surface area (Å²) < 4.78 is 39.4. The lowest BCUT2D eigenvalue weighted by Gasteiger charge is -2.25. The third-order valence-electron chi connectivity index (χ3n) is 4.82. The molecule has 1 fully saturated rings. The summed E-state index contributed by atoms with van der Waals surface area (Å²) in [5.41, 5.74) is 2.76. The fourth-order valence-corrected chi connectivity index (χ4v) is 4.90. The summed E-state index contributed by atoms with van der Waals surface area (Å²) in [6.07, 6.45) is 0.147. The Bertz CT molecular complexity index is 1030. The molecule has 1 saturated heterocycles. The first-order chi connectivity index (χ1) is 14.0.